The zero-order chi connectivity index (χ0) is 23.3. The zero-order valence-corrected chi connectivity index (χ0v) is 19.3. The lowest BCUT2D eigenvalue weighted by Crippen LogP contribution is -2.25. The molecule has 1 aliphatic heterocycles. The van der Waals surface area contributed by atoms with Gasteiger partial charge in [0.05, 0.1) is 0 Å². The van der Waals surface area contributed by atoms with Crippen molar-refractivity contribution in [3.05, 3.63) is 41.5 Å². The number of aromatic nitrogens is 5. The van der Waals surface area contributed by atoms with Gasteiger partial charge in [0.2, 0.25) is 11.9 Å². The highest BCUT2D eigenvalue weighted by Gasteiger charge is 2.16. The minimum Gasteiger partial charge on any atom is -0.489 e. The standard InChI is InChI=1S/C24H31FN8O/c25-19-15-18(9-10-21(19)34-14-13-32-11-5-6-12-32)28-23-30-22(26)33(31-23)24-27-16-17-7-3-1-2-4-8-20(17)29-24/h9-10,15-16H,1-8,11-14H2,(H3,26,28,30,31). The fourth-order valence-electron chi connectivity index (χ4n) is 4.56. The van der Waals surface area contributed by atoms with Crippen molar-refractivity contribution in [2.45, 2.75) is 51.4 Å². The van der Waals surface area contributed by atoms with Crippen molar-refractivity contribution in [3.8, 4) is 11.7 Å². The summed E-state index contributed by atoms with van der Waals surface area (Å²) >= 11 is 0. The van der Waals surface area contributed by atoms with Crippen LogP contribution in [-0.4, -0.2) is 55.9 Å². The average Bonchev–Trinajstić information content (AvgIpc) is 3.45. The van der Waals surface area contributed by atoms with Gasteiger partial charge in [0.15, 0.2) is 11.6 Å². The fraction of sp³-hybridized carbons (Fsp3) is 0.500. The van der Waals surface area contributed by atoms with E-state index in [4.69, 9.17) is 15.5 Å². The SMILES string of the molecule is Nc1nc(Nc2ccc(OCCN3CCCC3)c(F)c2)nn1-c1ncc2c(n1)CCCCCC2. The second-order valence-electron chi connectivity index (χ2n) is 8.93. The molecule has 1 fully saturated rings. The summed E-state index contributed by atoms with van der Waals surface area (Å²) in [5, 5.41) is 7.40. The van der Waals surface area contributed by atoms with Gasteiger partial charge in [0.25, 0.3) is 5.95 Å². The second kappa shape index (κ2) is 10.3. The minimum atomic E-state index is -0.441. The maximum absolute atomic E-state index is 14.6. The maximum atomic E-state index is 14.6. The van der Waals surface area contributed by atoms with Crippen LogP contribution in [0.25, 0.3) is 5.95 Å². The van der Waals surface area contributed by atoms with Gasteiger partial charge in [-0.2, -0.15) is 9.67 Å². The average molecular weight is 467 g/mol. The molecule has 1 aromatic carbocycles. The van der Waals surface area contributed by atoms with Crippen molar-refractivity contribution < 1.29 is 9.13 Å². The number of rotatable bonds is 7. The minimum absolute atomic E-state index is 0.163. The number of anilines is 3. The predicted molar refractivity (Wildman–Crippen MR) is 128 cm³/mol. The van der Waals surface area contributed by atoms with Crippen molar-refractivity contribution in [3.63, 3.8) is 0 Å². The molecule has 2 aliphatic rings. The number of nitrogens with two attached hydrogens (primary N) is 1. The molecule has 0 saturated carbocycles. The summed E-state index contributed by atoms with van der Waals surface area (Å²) < 4.78 is 21.6. The molecule has 0 radical (unpaired) electrons. The molecule has 3 N–H and O–H groups in total. The topological polar surface area (TPSA) is 107 Å². The van der Waals surface area contributed by atoms with E-state index in [0.29, 0.717) is 18.2 Å². The van der Waals surface area contributed by atoms with E-state index in [2.05, 4.69) is 25.3 Å². The second-order valence-corrected chi connectivity index (χ2v) is 8.93. The lowest BCUT2D eigenvalue weighted by molar-refractivity contribution is 0.231. The Morgan fingerprint density at radius 1 is 1.03 bits per heavy atom. The highest BCUT2D eigenvalue weighted by molar-refractivity contribution is 5.56. The number of fused-ring (bicyclic) bond motifs is 1. The van der Waals surface area contributed by atoms with Crippen molar-refractivity contribution >= 4 is 17.6 Å². The molecule has 0 unspecified atom stereocenters. The number of aryl methyl sites for hydroxylation is 2. The van der Waals surface area contributed by atoms with Crippen molar-refractivity contribution in [2.75, 3.05) is 37.3 Å². The number of nitrogens with zero attached hydrogens (tertiary/aromatic N) is 6. The first-order valence-electron chi connectivity index (χ1n) is 12.2. The number of likely N-dealkylation sites (tertiary alicyclic amines) is 1. The van der Waals surface area contributed by atoms with Gasteiger partial charge in [0, 0.05) is 30.2 Å². The number of nitrogens with one attached hydrogen (secondary N) is 1. The van der Waals surface area contributed by atoms with E-state index in [1.165, 1.54) is 42.0 Å². The third kappa shape index (κ3) is 5.27. The van der Waals surface area contributed by atoms with Crippen molar-refractivity contribution in [2.24, 2.45) is 0 Å². The quantitative estimate of drug-likeness (QED) is 0.543. The lowest BCUT2D eigenvalue weighted by Gasteiger charge is -2.15. The summed E-state index contributed by atoms with van der Waals surface area (Å²) in [4.78, 5) is 15.8. The van der Waals surface area contributed by atoms with Crippen LogP contribution in [0, 0.1) is 5.82 Å². The van der Waals surface area contributed by atoms with Crippen molar-refractivity contribution in [1.82, 2.24) is 29.6 Å². The number of benzene rings is 1. The molecule has 0 spiro atoms. The highest BCUT2D eigenvalue weighted by Crippen LogP contribution is 2.24. The van der Waals surface area contributed by atoms with Crippen LogP contribution in [0.15, 0.2) is 24.4 Å². The van der Waals surface area contributed by atoms with Crippen LogP contribution in [0.5, 0.6) is 5.75 Å². The molecule has 180 valence electrons. The fourth-order valence-corrected chi connectivity index (χ4v) is 4.56. The Morgan fingerprint density at radius 3 is 2.68 bits per heavy atom. The van der Waals surface area contributed by atoms with Crippen LogP contribution in [0.2, 0.25) is 0 Å². The van der Waals surface area contributed by atoms with Gasteiger partial charge in [-0.25, -0.2) is 14.4 Å². The van der Waals surface area contributed by atoms with Gasteiger partial charge >= 0.3 is 0 Å². The van der Waals surface area contributed by atoms with E-state index in [1.807, 2.05) is 6.20 Å². The summed E-state index contributed by atoms with van der Waals surface area (Å²) in [6.07, 6.45) is 11.0. The first-order chi connectivity index (χ1) is 16.7. The maximum Gasteiger partial charge on any atom is 0.254 e. The Hall–Kier alpha value is -3.27. The monoisotopic (exact) mass is 466 g/mol. The molecular formula is C24H31FN8O. The third-order valence-electron chi connectivity index (χ3n) is 6.42. The van der Waals surface area contributed by atoms with Crippen LogP contribution < -0.4 is 15.8 Å². The van der Waals surface area contributed by atoms with Crippen LogP contribution in [0.4, 0.5) is 22.0 Å². The first kappa shape index (κ1) is 22.5. The summed E-state index contributed by atoms with van der Waals surface area (Å²) in [6, 6.07) is 4.71. The van der Waals surface area contributed by atoms with Gasteiger partial charge < -0.3 is 15.8 Å². The molecule has 0 bridgehead atoms. The highest BCUT2D eigenvalue weighted by atomic mass is 19.1. The number of halogens is 1. The number of ether oxygens (including phenoxy) is 1. The lowest BCUT2D eigenvalue weighted by atomic mass is 9.98. The summed E-state index contributed by atoms with van der Waals surface area (Å²) in [5.74, 6) is 0.594. The van der Waals surface area contributed by atoms with Gasteiger partial charge in [0.1, 0.15) is 6.61 Å². The molecule has 0 amide bonds. The van der Waals surface area contributed by atoms with Gasteiger partial charge in [-0.3, -0.25) is 4.90 Å². The third-order valence-corrected chi connectivity index (χ3v) is 6.42. The van der Waals surface area contributed by atoms with E-state index < -0.39 is 5.82 Å². The molecule has 2 aromatic heterocycles. The van der Waals surface area contributed by atoms with E-state index in [9.17, 15) is 4.39 Å². The van der Waals surface area contributed by atoms with E-state index in [-0.39, 0.29) is 17.6 Å². The smallest absolute Gasteiger partial charge is 0.254 e. The molecule has 1 saturated heterocycles. The summed E-state index contributed by atoms with van der Waals surface area (Å²) in [7, 11) is 0. The van der Waals surface area contributed by atoms with Gasteiger partial charge in [-0.1, -0.05) is 12.8 Å². The largest absolute Gasteiger partial charge is 0.489 e. The molecule has 10 heteroatoms. The number of hydrogen-bond acceptors (Lipinski definition) is 8. The molecule has 3 aromatic rings. The summed E-state index contributed by atoms with van der Waals surface area (Å²) in [5.41, 5.74) is 8.84. The molecule has 5 rings (SSSR count). The Labute approximate surface area is 198 Å². The van der Waals surface area contributed by atoms with Crippen LogP contribution in [-0.2, 0) is 12.8 Å². The normalized spacial score (nSPS) is 16.6. The van der Waals surface area contributed by atoms with Crippen LogP contribution in [0.1, 0.15) is 49.8 Å². The Balaban J connectivity index is 1.25. The predicted octanol–water partition coefficient (Wildman–Crippen LogP) is 3.66. The Kier molecular flexibility index (Phi) is 6.84. The van der Waals surface area contributed by atoms with Gasteiger partial charge in [-0.05, 0) is 69.3 Å². The summed E-state index contributed by atoms with van der Waals surface area (Å²) in [6.45, 7) is 3.46. The molecule has 9 nitrogen and oxygen atoms in total. The van der Waals surface area contributed by atoms with E-state index in [1.54, 1.807) is 12.1 Å². The molecule has 34 heavy (non-hydrogen) atoms. The molecule has 0 atom stereocenters. The Morgan fingerprint density at radius 2 is 1.85 bits per heavy atom. The molecular weight excluding hydrogens is 435 g/mol. The van der Waals surface area contributed by atoms with E-state index >= 15 is 0 Å². The number of hydrogen-bond donors (Lipinski definition) is 2. The molecule has 1 aliphatic carbocycles. The first-order valence-corrected chi connectivity index (χ1v) is 12.2. The number of nitrogen functional groups attached to an aromatic ring is 1. The molecule has 3 heterocycles. The van der Waals surface area contributed by atoms with Crippen LogP contribution in [0.3, 0.4) is 0 Å². The Bertz CT molecular complexity index is 1130. The van der Waals surface area contributed by atoms with E-state index in [0.717, 1.165) is 51.0 Å². The van der Waals surface area contributed by atoms with Gasteiger partial charge in [-0.15, -0.1) is 5.10 Å². The zero-order valence-electron chi connectivity index (χ0n) is 19.3. The van der Waals surface area contributed by atoms with Crippen molar-refractivity contribution in [1.29, 1.82) is 0 Å². The van der Waals surface area contributed by atoms with Crippen LogP contribution >= 0.6 is 0 Å².